The van der Waals surface area contributed by atoms with E-state index in [9.17, 15) is 14.9 Å². The quantitative estimate of drug-likeness (QED) is 0.339. The third-order valence-corrected chi connectivity index (χ3v) is 4.66. The van der Waals surface area contributed by atoms with E-state index in [1.807, 2.05) is 0 Å². The Hall–Kier alpha value is -2.03. The predicted molar refractivity (Wildman–Crippen MR) is 101 cm³/mol. The van der Waals surface area contributed by atoms with Gasteiger partial charge in [0.2, 0.25) is 0 Å². The molecule has 0 aromatic rings. The van der Waals surface area contributed by atoms with Gasteiger partial charge in [-0.25, -0.2) is 0 Å². The fourth-order valence-electron chi connectivity index (χ4n) is 3.03. The molecule has 1 rings (SSSR count). The molecule has 1 saturated heterocycles. The fourth-order valence-corrected chi connectivity index (χ4v) is 3.03. The summed E-state index contributed by atoms with van der Waals surface area (Å²) in [4.78, 5) is 28.3. The number of unbranched alkanes of at least 4 members (excludes halogenated alkanes) is 2. The van der Waals surface area contributed by atoms with Gasteiger partial charge in [-0.1, -0.05) is 26.7 Å². The molecular formula is C20H33N3O3. The van der Waals surface area contributed by atoms with E-state index in [1.165, 1.54) is 0 Å². The Bertz CT molecular complexity index is 509. The molecule has 0 atom stereocenters. The predicted octanol–water partition coefficient (Wildman–Crippen LogP) is 3.10. The van der Waals surface area contributed by atoms with Crippen molar-refractivity contribution in [3.05, 3.63) is 11.8 Å². The van der Waals surface area contributed by atoms with Crippen LogP contribution in [0, 0.1) is 17.2 Å². The summed E-state index contributed by atoms with van der Waals surface area (Å²) >= 11 is 0. The van der Waals surface area contributed by atoms with E-state index < -0.39 is 0 Å². The minimum absolute atomic E-state index is 0.140. The van der Waals surface area contributed by atoms with Crippen LogP contribution in [0.1, 0.15) is 59.3 Å². The van der Waals surface area contributed by atoms with Crippen LogP contribution >= 0.6 is 0 Å². The van der Waals surface area contributed by atoms with E-state index >= 15 is 0 Å². The molecule has 1 fully saturated rings. The number of hydrogen-bond donors (Lipinski definition) is 0. The second-order valence-corrected chi connectivity index (χ2v) is 6.72. The van der Waals surface area contributed by atoms with Crippen molar-refractivity contribution in [2.24, 2.45) is 5.92 Å². The summed E-state index contributed by atoms with van der Waals surface area (Å²) in [7, 11) is 0. The molecule has 146 valence electrons. The lowest BCUT2D eigenvalue weighted by molar-refractivity contribution is -0.150. The topological polar surface area (TPSA) is 73.6 Å². The summed E-state index contributed by atoms with van der Waals surface area (Å²) in [6.07, 6.45) is 7.15. The first kappa shape index (κ1) is 22.0. The van der Waals surface area contributed by atoms with Gasteiger partial charge in [0.05, 0.1) is 12.5 Å². The van der Waals surface area contributed by atoms with E-state index in [4.69, 9.17) is 4.74 Å². The summed E-state index contributed by atoms with van der Waals surface area (Å²) < 4.78 is 5.06. The first-order valence-corrected chi connectivity index (χ1v) is 9.89. The normalized spacial score (nSPS) is 15.5. The van der Waals surface area contributed by atoms with E-state index in [0.717, 1.165) is 38.8 Å². The fraction of sp³-hybridized carbons (Fsp3) is 0.750. The van der Waals surface area contributed by atoms with Gasteiger partial charge < -0.3 is 14.5 Å². The third-order valence-electron chi connectivity index (χ3n) is 4.66. The monoisotopic (exact) mass is 363 g/mol. The number of carbonyl (C=O) groups is 2. The van der Waals surface area contributed by atoms with Gasteiger partial charge in [0.25, 0.3) is 5.91 Å². The lowest BCUT2D eigenvalue weighted by Crippen LogP contribution is -2.41. The van der Waals surface area contributed by atoms with Crippen LogP contribution in [0.4, 0.5) is 0 Å². The van der Waals surface area contributed by atoms with Crippen LogP contribution in [-0.2, 0) is 14.3 Å². The number of rotatable bonds is 10. The highest BCUT2D eigenvalue weighted by Crippen LogP contribution is 2.20. The van der Waals surface area contributed by atoms with E-state index in [1.54, 1.807) is 18.0 Å². The number of amides is 1. The lowest BCUT2D eigenvalue weighted by atomic mass is 9.96. The Balaban J connectivity index is 2.69. The van der Waals surface area contributed by atoms with Gasteiger partial charge >= 0.3 is 5.97 Å². The Kier molecular flexibility index (Phi) is 10.5. The van der Waals surface area contributed by atoms with Gasteiger partial charge in [-0.3, -0.25) is 9.59 Å². The van der Waals surface area contributed by atoms with Crippen LogP contribution < -0.4 is 0 Å². The zero-order valence-electron chi connectivity index (χ0n) is 16.5. The van der Waals surface area contributed by atoms with Gasteiger partial charge in [-0.2, -0.15) is 5.26 Å². The molecule has 0 radical (unpaired) electrons. The van der Waals surface area contributed by atoms with Crippen molar-refractivity contribution in [2.75, 3.05) is 32.8 Å². The smallest absolute Gasteiger partial charge is 0.309 e. The summed E-state index contributed by atoms with van der Waals surface area (Å²) in [5.74, 6) is -0.548. The molecule has 26 heavy (non-hydrogen) atoms. The van der Waals surface area contributed by atoms with Crippen molar-refractivity contribution >= 4 is 11.9 Å². The largest absolute Gasteiger partial charge is 0.466 e. The number of likely N-dealkylation sites (tertiary alicyclic amines) is 1. The molecule has 6 nitrogen and oxygen atoms in total. The Morgan fingerprint density at radius 3 is 2.19 bits per heavy atom. The molecule has 0 aliphatic carbocycles. The van der Waals surface area contributed by atoms with Crippen LogP contribution in [0.15, 0.2) is 11.8 Å². The van der Waals surface area contributed by atoms with E-state index in [0.29, 0.717) is 32.5 Å². The van der Waals surface area contributed by atoms with Crippen molar-refractivity contribution in [2.45, 2.75) is 59.3 Å². The van der Waals surface area contributed by atoms with Crippen molar-refractivity contribution in [3.63, 3.8) is 0 Å². The van der Waals surface area contributed by atoms with Crippen LogP contribution in [0.2, 0.25) is 0 Å². The van der Waals surface area contributed by atoms with E-state index in [-0.39, 0.29) is 23.4 Å². The highest BCUT2D eigenvalue weighted by Gasteiger charge is 2.29. The van der Waals surface area contributed by atoms with Gasteiger partial charge in [-0.15, -0.1) is 0 Å². The molecule has 1 aliphatic heterocycles. The molecule has 0 aromatic carbocycles. The number of nitrogens with zero attached hydrogens (tertiary/aromatic N) is 3. The Morgan fingerprint density at radius 2 is 1.73 bits per heavy atom. The first-order valence-electron chi connectivity index (χ1n) is 9.89. The zero-order valence-corrected chi connectivity index (χ0v) is 16.5. The third kappa shape index (κ3) is 7.07. The maximum Gasteiger partial charge on any atom is 0.309 e. The lowest BCUT2D eigenvalue weighted by Gasteiger charge is -2.31. The van der Waals surface area contributed by atoms with E-state index in [2.05, 4.69) is 24.8 Å². The summed E-state index contributed by atoms with van der Waals surface area (Å²) in [6, 6.07) is 2.07. The maximum absolute atomic E-state index is 12.7. The van der Waals surface area contributed by atoms with Gasteiger partial charge in [0.1, 0.15) is 11.6 Å². The number of esters is 1. The van der Waals surface area contributed by atoms with Gasteiger partial charge in [0, 0.05) is 32.4 Å². The number of nitriles is 1. The number of carbonyl (C=O) groups excluding carboxylic acids is 2. The van der Waals surface area contributed by atoms with Gasteiger partial charge in [-0.05, 0) is 32.6 Å². The van der Waals surface area contributed by atoms with Crippen molar-refractivity contribution in [3.8, 4) is 6.07 Å². The van der Waals surface area contributed by atoms with Crippen LogP contribution in [0.5, 0.6) is 0 Å². The van der Waals surface area contributed by atoms with Crippen LogP contribution in [0.25, 0.3) is 0 Å². The van der Waals surface area contributed by atoms with Crippen LogP contribution in [0.3, 0.4) is 0 Å². The van der Waals surface area contributed by atoms with Crippen LogP contribution in [-0.4, -0.2) is 54.5 Å². The highest BCUT2D eigenvalue weighted by molar-refractivity contribution is 5.97. The minimum Gasteiger partial charge on any atom is -0.466 e. The number of piperidine rings is 1. The summed E-state index contributed by atoms with van der Waals surface area (Å²) in [5, 5.41) is 9.47. The molecule has 0 saturated carbocycles. The molecule has 1 aliphatic rings. The van der Waals surface area contributed by atoms with Crippen molar-refractivity contribution < 1.29 is 14.3 Å². The van der Waals surface area contributed by atoms with Crippen molar-refractivity contribution in [1.82, 2.24) is 9.80 Å². The molecule has 0 aromatic heterocycles. The molecule has 1 amide bonds. The molecule has 0 unspecified atom stereocenters. The highest BCUT2D eigenvalue weighted by atomic mass is 16.5. The average Bonchev–Trinajstić information content (AvgIpc) is 2.67. The summed E-state index contributed by atoms with van der Waals surface area (Å²) in [5.41, 5.74) is 0.187. The molecule has 0 spiro atoms. The maximum atomic E-state index is 12.7. The number of hydrogen-bond acceptors (Lipinski definition) is 5. The Labute approximate surface area is 157 Å². The second-order valence-electron chi connectivity index (χ2n) is 6.72. The second kappa shape index (κ2) is 12.3. The molecular weight excluding hydrogens is 330 g/mol. The minimum atomic E-state index is -0.229. The molecule has 6 heteroatoms. The Morgan fingerprint density at radius 1 is 1.15 bits per heavy atom. The first-order chi connectivity index (χ1) is 12.6. The molecule has 1 heterocycles. The zero-order chi connectivity index (χ0) is 19.4. The standard InChI is InChI=1S/C20H33N3O3/c1-4-7-11-22(12-8-5-2)16-18(15-21)19(24)23-13-9-17(10-14-23)20(25)26-6-3/h16-17H,4-14H2,1-3H3/b18-16-. The number of ether oxygens (including phenoxy) is 1. The molecule has 0 bridgehead atoms. The van der Waals surface area contributed by atoms with Gasteiger partial charge in [0.15, 0.2) is 0 Å². The summed E-state index contributed by atoms with van der Waals surface area (Å²) in [6.45, 7) is 9.14. The molecule has 0 N–H and O–H groups in total. The SMILES string of the molecule is CCCCN(/C=C(/C#N)C(=O)N1CCC(C(=O)OCC)CC1)CCCC. The average molecular weight is 364 g/mol. The van der Waals surface area contributed by atoms with Crippen molar-refractivity contribution in [1.29, 1.82) is 5.26 Å².